The van der Waals surface area contributed by atoms with Gasteiger partial charge in [-0.05, 0) is 44.1 Å². The minimum atomic E-state index is 0.191. The van der Waals surface area contributed by atoms with Crippen LogP contribution in [0.2, 0.25) is 0 Å². The van der Waals surface area contributed by atoms with Gasteiger partial charge in [0.2, 0.25) is 5.91 Å². The van der Waals surface area contributed by atoms with Gasteiger partial charge in [0.1, 0.15) is 0 Å². The van der Waals surface area contributed by atoms with Crippen LogP contribution in [-0.2, 0) is 9.53 Å². The average Bonchev–Trinajstić information content (AvgIpc) is 2.43. The number of hydrogen-bond donors (Lipinski definition) is 2. The molecule has 1 amide bonds. The Morgan fingerprint density at radius 2 is 2.15 bits per heavy atom. The highest BCUT2D eigenvalue weighted by molar-refractivity contribution is 5.78. The summed E-state index contributed by atoms with van der Waals surface area (Å²) in [5.41, 5.74) is 5.61. The summed E-state index contributed by atoms with van der Waals surface area (Å²) in [6, 6.07) is 0. The fourth-order valence-electron chi connectivity index (χ4n) is 2.84. The van der Waals surface area contributed by atoms with E-state index in [1.54, 1.807) is 0 Å². The molecule has 2 unspecified atom stereocenters. The zero-order valence-corrected chi connectivity index (χ0v) is 13.2. The maximum absolute atomic E-state index is 12.1. The van der Waals surface area contributed by atoms with E-state index in [4.69, 9.17) is 10.5 Å². The van der Waals surface area contributed by atoms with E-state index in [2.05, 4.69) is 19.2 Å². The van der Waals surface area contributed by atoms with Crippen molar-refractivity contribution in [3.63, 3.8) is 0 Å². The normalized spacial score (nSPS) is 23.0. The molecule has 0 aliphatic heterocycles. The van der Waals surface area contributed by atoms with Gasteiger partial charge in [0.25, 0.3) is 0 Å². The average molecular weight is 284 g/mol. The minimum Gasteiger partial charge on any atom is -0.380 e. The first-order valence-corrected chi connectivity index (χ1v) is 8.19. The van der Waals surface area contributed by atoms with Gasteiger partial charge in [-0.25, -0.2) is 0 Å². The Balaban J connectivity index is 2.09. The molecule has 0 spiro atoms. The Morgan fingerprint density at radius 1 is 1.35 bits per heavy atom. The van der Waals surface area contributed by atoms with E-state index in [0.717, 1.165) is 45.3 Å². The second-order valence-electron chi connectivity index (χ2n) is 6.39. The van der Waals surface area contributed by atoms with E-state index in [1.165, 1.54) is 6.42 Å². The number of ether oxygens (including phenoxy) is 1. The highest BCUT2D eigenvalue weighted by atomic mass is 16.5. The van der Waals surface area contributed by atoms with Gasteiger partial charge in [0.05, 0.1) is 6.61 Å². The molecule has 3 N–H and O–H groups in total. The third-order valence-corrected chi connectivity index (χ3v) is 4.11. The van der Waals surface area contributed by atoms with Crippen molar-refractivity contribution in [1.29, 1.82) is 0 Å². The molecule has 0 aromatic heterocycles. The molecule has 1 aliphatic rings. The first-order chi connectivity index (χ1) is 9.63. The molecule has 0 aromatic carbocycles. The van der Waals surface area contributed by atoms with Crippen molar-refractivity contribution in [3.8, 4) is 0 Å². The Labute approximate surface area is 123 Å². The number of carbonyl (C=O) groups excluding carboxylic acids is 1. The van der Waals surface area contributed by atoms with Crippen LogP contribution in [0.5, 0.6) is 0 Å². The number of carbonyl (C=O) groups is 1. The quantitative estimate of drug-likeness (QED) is 0.639. The first-order valence-electron chi connectivity index (χ1n) is 8.19. The zero-order valence-electron chi connectivity index (χ0n) is 13.2. The third-order valence-electron chi connectivity index (χ3n) is 4.11. The van der Waals surface area contributed by atoms with Gasteiger partial charge in [-0.15, -0.1) is 0 Å². The molecule has 118 valence electrons. The topological polar surface area (TPSA) is 64.3 Å². The van der Waals surface area contributed by atoms with Crippen molar-refractivity contribution in [2.24, 2.45) is 23.5 Å². The Bertz CT molecular complexity index is 267. The van der Waals surface area contributed by atoms with Crippen LogP contribution in [0.25, 0.3) is 0 Å². The number of nitrogens with one attached hydrogen (secondary N) is 1. The first kappa shape index (κ1) is 17.4. The largest absolute Gasteiger partial charge is 0.380 e. The molecule has 1 rings (SSSR count). The molecule has 4 nitrogen and oxygen atoms in total. The van der Waals surface area contributed by atoms with Crippen LogP contribution < -0.4 is 11.1 Å². The van der Waals surface area contributed by atoms with Crippen LogP contribution >= 0.6 is 0 Å². The van der Waals surface area contributed by atoms with Gasteiger partial charge in [-0.2, -0.15) is 0 Å². The smallest absolute Gasteiger partial charge is 0.223 e. The molecule has 0 aromatic rings. The van der Waals surface area contributed by atoms with Crippen LogP contribution in [0, 0.1) is 17.8 Å². The predicted molar refractivity (Wildman–Crippen MR) is 82.4 cm³/mol. The second kappa shape index (κ2) is 10.2. The summed E-state index contributed by atoms with van der Waals surface area (Å²) >= 11 is 0. The van der Waals surface area contributed by atoms with Crippen molar-refractivity contribution < 1.29 is 9.53 Å². The van der Waals surface area contributed by atoms with E-state index >= 15 is 0 Å². The predicted octanol–water partition coefficient (Wildman–Crippen LogP) is 2.32. The molecule has 4 heteroatoms. The third kappa shape index (κ3) is 7.25. The Morgan fingerprint density at radius 3 is 2.85 bits per heavy atom. The van der Waals surface area contributed by atoms with E-state index in [9.17, 15) is 4.79 Å². The van der Waals surface area contributed by atoms with Crippen molar-refractivity contribution in [1.82, 2.24) is 5.32 Å². The zero-order chi connectivity index (χ0) is 14.8. The monoisotopic (exact) mass is 284 g/mol. The van der Waals surface area contributed by atoms with Crippen LogP contribution in [0.15, 0.2) is 0 Å². The summed E-state index contributed by atoms with van der Waals surface area (Å²) in [5.74, 6) is 1.72. The SMILES string of the molecule is CC(C)CCOCCNC(=O)C1CCCC(CCN)C1. The maximum atomic E-state index is 12.1. The lowest BCUT2D eigenvalue weighted by Crippen LogP contribution is -2.36. The summed E-state index contributed by atoms with van der Waals surface area (Å²) in [4.78, 5) is 12.1. The van der Waals surface area contributed by atoms with Gasteiger partial charge in [0.15, 0.2) is 0 Å². The molecular formula is C16H32N2O2. The Hall–Kier alpha value is -0.610. The molecule has 0 heterocycles. The van der Waals surface area contributed by atoms with E-state index in [-0.39, 0.29) is 11.8 Å². The highest BCUT2D eigenvalue weighted by Gasteiger charge is 2.26. The van der Waals surface area contributed by atoms with E-state index in [1.807, 2.05) is 0 Å². The lowest BCUT2D eigenvalue weighted by Gasteiger charge is -2.28. The van der Waals surface area contributed by atoms with Crippen molar-refractivity contribution in [2.45, 2.75) is 52.4 Å². The van der Waals surface area contributed by atoms with Crippen LogP contribution in [-0.4, -0.2) is 32.2 Å². The van der Waals surface area contributed by atoms with Gasteiger partial charge in [-0.1, -0.05) is 26.7 Å². The van der Waals surface area contributed by atoms with Crippen LogP contribution in [0.4, 0.5) is 0 Å². The lowest BCUT2D eigenvalue weighted by molar-refractivity contribution is -0.126. The van der Waals surface area contributed by atoms with Crippen LogP contribution in [0.3, 0.4) is 0 Å². The van der Waals surface area contributed by atoms with Crippen molar-refractivity contribution >= 4 is 5.91 Å². The molecule has 0 radical (unpaired) electrons. The molecule has 1 fully saturated rings. The van der Waals surface area contributed by atoms with Gasteiger partial charge >= 0.3 is 0 Å². The summed E-state index contributed by atoms with van der Waals surface area (Å²) in [7, 11) is 0. The molecule has 0 bridgehead atoms. The molecular weight excluding hydrogens is 252 g/mol. The van der Waals surface area contributed by atoms with Gasteiger partial charge in [0, 0.05) is 19.1 Å². The maximum Gasteiger partial charge on any atom is 0.223 e. The molecule has 20 heavy (non-hydrogen) atoms. The van der Waals surface area contributed by atoms with Crippen molar-refractivity contribution in [3.05, 3.63) is 0 Å². The number of nitrogens with two attached hydrogens (primary N) is 1. The highest BCUT2D eigenvalue weighted by Crippen LogP contribution is 2.30. The number of hydrogen-bond acceptors (Lipinski definition) is 3. The summed E-state index contributed by atoms with van der Waals surface area (Å²) in [6.45, 7) is 7.16. The standard InChI is InChI=1S/C16H32N2O2/c1-13(2)7-10-20-11-9-18-16(19)15-5-3-4-14(12-15)6-8-17/h13-15H,3-12,17H2,1-2H3,(H,18,19). The lowest BCUT2D eigenvalue weighted by atomic mass is 9.79. The fourth-order valence-corrected chi connectivity index (χ4v) is 2.84. The van der Waals surface area contributed by atoms with Gasteiger partial charge in [-0.3, -0.25) is 4.79 Å². The summed E-state index contributed by atoms with van der Waals surface area (Å²) in [6.07, 6.45) is 6.57. The minimum absolute atomic E-state index is 0.191. The molecule has 1 saturated carbocycles. The van der Waals surface area contributed by atoms with Gasteiger partial charge < -0.3 is 15.8 Å². The van der Waals surface area contributed by atoms with E-state index < -0.39 is 0 Å². The second-order valence-corrected chi connectivity index (χ2v) is 6.39. The van der Waals surface area contributed by atoms with E-state index in [0.29, 0.717) is 25.0 Å². The fraction of sp³-hybridized carbons (Fsp3) is 0.938. The number of amides is 1. The molecule has 0 saturated heterocycles. The molecule has 2 atom stereocenters. The molecule has 1 aliphatic carbocycles. The van der Waals surface area contributed by atoms with Crippen molar-refractivity contribution in [2.75, 3.05) is 26.3 Å². The number of rotatable bonds is 9. The summed E-state index contributed by atoms with van der Waals surface area (Å²) < 4.78 is 5.51. The Kier molecular flexibility index (Phi) is 8.86. The summed E-state index contributed by atoms with van der Waals surface area (Å²) in [5, 5.41) is 3.01. The van der Waals surface area contributed by atoms with Crippen LogP contribution in [0.1, 0.15) is 52.4 Å².